The standard InChI is InChI=1S/C17H19NO2/c1-2-12-20-18-16-11-7-6-10-15(16)17(19)13-14-8-4-3-5-9-14/h3-11,18H,2,12-13H2,1H3. The van der Waals surface area contributed by atoms with Gasteiger partial charge < -0.3 is 0 Å². The topological polar surface area (TPSA) is 38.3 Å². The molecule has 0 bridgehead atoms. The molecule has 3 heteroatoms. The Labute approximate surface area is 119 Å². The van der Waals surface area contributed by atoms with Crippen LogP contribution in [0.4, 0.5) is 5.69 Å². The molecule has 20 heavy (non-hydrogen) atoms. The van der Waals surface area contributed by atoms with Crippen LogP contribution in [0.25, 0.3) is 0 Å². The van der Waals surface area contributed by atoms with E-state index in [1.54, 1.807) is 0 Å². The van der Waals surface area contributed by atoms with E-state index in [1.807, 2.05) is 61.5 Å². The van der Waals surface area contributed by atoms with Crippen molar-refractivity contribution < 1.29 is 9.63 Å². The summed E-state index contributed by atoms with van der Waals surface area (Å²) in [7, 11) is 0. The van der Waals surface area contributed by atoms with E-state index in [2.05, 4.69) is 5.48 Å². The monoisotopic (exact) mass is 269 g/mol. The van der Waals surface area contributed by atoms with Gasteiger partial charge in [-0.3, -0.25) is 15.1 Å². The van der Waals surface area contributed by atoms with Crippen molar-refractivity contribution in [1.29, 1.82) is 0 Å². The number of carbonyl (C=O) groups excluding carboxylic acids is 1. The van der Waals surface area contributed by atoms with Crippen molar-refractivity contribution in [2.75, 3.05) is 12.1 Å². The summed E-state index contributed by atoms with van der Waals surface area (Å²) in [4.78, 5) is 17.7. The molecule has 0 amide bonds. The summed E-state index contributed by atoms with van der Waals surface area (Å²) in [5.41, 5.74) is 5.26. The normalized spacial score (nSPS) is 10.2. The number of benzene rings is 2. The van der Waals surface area contributed by atoms with Gasteiger partial charge in [0, 0.05) is 12.0 Å². The third-order valence-corrected chi connectivity index (χ3v) is 2.92. The summed E-state index contributed by atoms with van der Waals surface area (Å²) in [6.45, 7) is 2.65. The predicted molar refractivity (Wildman–Crippen MR) is 80.8 cm³/mol. The van der Waals surface area contributed by atoms with Gasteiger partial charge in [-0.15, -0.1) is 0 Å². The Morgan fingerprint density at radius 2 is 1.75 bits per heavy atom. The number of rotatable bonds is 7. The zero-order chi connectivity index (χ0) is 14.2. The third-order valence-electron chi connectivity index (χ3n) is 2.92. The lowest BCUT2D eigenvalue weighted by Crippen LogP contribution is -2.10. The summed E-state index contributed by atoms with van der Waals surface area (Å²) >= 11 is 0. The minimum atomic E-state index is 0.0828. The predicted octanol–water partition coefficient (Wildman–Crippen LogP) is 3.87. The molecule has 1 N–H and O–H groups in total. The lowest BCUT2D eigenvalue weighted by molar-refractivity contribution is 0.0992. The Bertz CT molecular complexity index is 552. The van der Waals surface area contributed by atoms with E-state index in [0.29, 0.717) is 18.6 Å². The molecule has 0 saturated carbocycles. The van der Waals surface area contributed by atoms with Crippen LogP contribution in [0, 0.1) is 0 Å². The van der Waals surface area contributed by atoms with Crippen molar-refractivity contribution in [2.45, 2.75) is 19.8 Å². The molecule has 0 heterocycles. The maximum absolute atomic E-state index is 12.4. The first-order valence-electron chi connectivity index (χ1n) is 6.85. The van der Waals surface area contributed by atoms with Crippen LogP contribution in [0.1, 0.15) is 29.3 Å². The highest BCUT2D eigenvalue weighted by Crippen LogP contribution is 2.17. The zero-order valence-electron chi connectivity index (χ0n) is 11.6. The van der Waals surface area contributed by atoms with Crippen LogP contribution in [-0.2, 0) is 11.3 Å². The quantitative estimate of drug-likeness (QED) is 0.471. The minimum Gasteiger partial charge on any atom is -0.294 e. The summed E-state index contributed by atoms with van der Waals surface area (Å²) < 4.78 is 0. The largest absolute Gasteiger partial charge is 0.294 e. The van der Waals surface area contributed by atoms with Crippen molar-refractivity contribution >= 4 is 11.5 Å². The first kappa shape index (κ1) is 14.3. The van der Waals surface area contributed by atoms with Crippen LogP contribution < -0.4 is 5.48 Å². The van der Waals surface area contributed by atoms with Gasteiger partial charge in [0.15, 0.2) is 5.78 Å². The number of anilines is 1. The van der Waals surface area contributed by atoms with Crippen LogP contribution in [0.2, 0.25) is 0 Å². The van der Waals surface area contributed by atoms with Crippen LogP contribution in [-0.4, -0.2) is 12.4 Å². The lowest BCUT2D eigenvalue weighted by atomic mass is 10.0. The Kier molecular flexibility index (Phi) is 5.33. The molecule has 0 aromatic heterocycles. The van der Waals surface area contributed by atoms with E-state index in [0.717, 1.165) is 17.7 Å². The van der Waals surface area contributed by atoms with Crippen molar-refractivity contribution in [1.82, 2.24) is 0 Å². The van der Waals surface area contributed by atoms with Gasteiger partial charge in [-0.2, -0.15) is 0 Å². The van der Waals surface area contributed by atoms with E-state index in [1.165, 1.54) is 0 Å². The summed E-state index contributed by atoms with van der Waals surface area (Å²) in [6.07, 6.45) is 1.32. The van der Waals surface area contributed by atoms with Crippen LogP contribution in [0.5, 0.6) is 0 Å². The van der Waals surface area contributed by atoms with E-state index in [9.17, 15) is 4.79 Å². The molecule has 0 unspecified atom stereocenters. The highest BCUT2D eigenvalue weighted by molar-refractivity contribution is 6.02. The van der Waals surface area contributed by atoms with Crippen LogP contribution >= 0.6 is 0 Å². The molecule has 0 fully saturated rings. The minimum absolute atomic E-state index is 0.0828. The smallest absolute Gasteiger partial charge is 0.169 e. The molecule has 0 aliphatic carbocycles. The first-order valence-corrected chi connectivity index (χ1v) is 6.85. The van der Waals surface area contributed by atoms with Crippen LogP contribution in [0.15, 0.2) is 54.6 Å². The first-order chi connectivity index (χ1) is 9.81. The molecule has 0 radical (unpaired) electrons. The fourth-order valence-electron chi connectivity index (χ4n) is 1.92. The molecule has 0 atom stereocenters. The third kappa shape index (κ3) is 3.93. The summed E-state index contributed by atoms with van der Waals surface area (Å²) in [5, 5.41) is 0. The Morgan fingerprint density at radius 3 is 2.50 bits per heavy atom. The van der Waals surface area contributed by atoms with E-state index in [4.69, 9.17) is 4.84 Å². The van der Waals surface area contributed by atoms with Gasteiger partial charge >= 0.3 is 0 Å². The average Bonchev–Trinajstić information content (AvgIpc) is 2.49. The Morgan fingerprint density at radius 1 is 1.05 bits per heavy atom. The molecule has 2 aromatic carbocycles. The number of para-hydroxylation sites is 1. The Balaban J connectivity index is 2.09. The molecule has 2 aromatic rings. The van der Waals surface area contributed by atoms with Crippen molar-refractivity contribution in [3.05, 3.63) is 65.7 Å². The Hall–Kier alpha value is -2.13. The number of carbonyl (C=O) groups is 1. The van der Waals surface area contributed by atoms with Gasteiger partial charge in [0.1, 0.15) is 0 Å². The zero-order valence-corrected chi connectivity index (χ0v) is 11.6. The number of hydrogen-bond acceptors (Lipinski definition) is 3. The number of Topliss-reactive ketones (excluding diaryl/α,β-unsaturated/α-hetero) is 1. The summed E-state index contributed by atoms with van der Waals surface area (Å²) in [6, 6.07) is 17.2. The molecule has 104 valence electrons. The number of nitrogens with one attached hydrogen (secondary N) is 1. The second kappa shape index (κ2) is 7.46. The van der Waals surface area contributed by atoms with E-state index in [-0.39, 0.29) is 5.78 Å². The van der Waals surface area contributed by atoms with Crippen molar-refractivity contribution in [3.63, 3.8) is 0 Å². The lowest BCUT2D eigenvalue weighted by Gasteiger charge is -2.10. The van der Waals surface area contributed by atoms with Gasteiger partial charge in [0.05, 0.1) is 12.3 Å². The molecule has 0 spiro atoms. The number of hydrogen-bond donors (Lipinski definition) is 1. The van der Waals surface area contributed by atoms with Crippen molar-refractivity contribution in [3.8, 4) is 0 Å². The van der Waals surface area contributed by atoms with Gasteiger partial charge in [0.25, 0.3) is 0 Å². The van der Waals surface area contributed by atoms with Crippen molar-refractivity contribution in [2.24, 2.45) is 0 Å². The second-order valence-electron chi connectivity index (χ2n) is 4.58. The molecule has 3 nitrogen and oxygen atoms in total. The fraction of sp³-hybridized carbons (Fsp3) is 0.235. The summed E-state index contributed by atoms with van der Waals surface area (Å²) in [5.74, 6) is 0.0828. The fourth-order valence-corrected chi connectivity index (χ4v) is 1.92. The number of ketones is 1. The molecule has 0 aliphatic heterocycles. The molecule has 0 saturated heterocycles. The highest BCUT2D eigenvalue weighted by atomic mass is 16.6. The average molecular weight is 269 g/mol. The molecular weight excluding hydrogens is 250 g/mol. The van der Waals surface area contributed by atoms with E-state index < -0.39 is 0 Å². The van der Waals surface area contributed by atoms with Gasteiger partial charge in [-0.1, -0.05) is 49.4 Å². The maximum atomic E-state index is 12.4. The van der Waals surface area contributed by atoms with Gasteiger partial charge in [0.2, 0.25) is 0 Å². The maximum Gasteiger partial charge on any atom is 0.169 e. The van der Waals surface area contributed by atoms with Gasteiger partial charge in [-0.05, 0) is 24.1 Å². The second-order valence-corrected chi connectivity index (χ2v) is 4.58. The van der Waals surface area contributed by atoms with Gasteiger partial charge in [-0.25, -0.2) is 0 Å². The molecule has 0 aliphatic rings. The molecule has 2 rings (SSSR count). The highest BCUT2D eigenvalue weighted by Gasteiger charge is 2.11. The van der Waals surface area contributed by atoms with E-state index >= 15 is 0 Å². The SMILES string of the molecule is CCCONc1ccccc1C(=O)Cc1ccccc1. The van der Waals surface area contributed by atoms with Crippen LogP contribution in [0.3, 0.4) is 0 Å². The molecular formula is C17H19NO2.